The monoisotopic (exact) mass is 225 g/mol. The van der Waals surface area contributed by atoms with Crippen LogP contribution in [-0.2, 0) is 19.4 Å². The normalized spacial score (nSPS) is 6.25. The molecule has 0 aromatic heterocycles. The van der Waals surface area contributed by atoms with Crippen LogP contribution in [0.1, 0.15) is 6.42 Å². The summed E-state index contributed by atoms with van der Waals surface area (Å²) < 4.78 is 2.10. The first-order valence-corrected chi connectivity index (χ1v) is 2.84. The molecule has 0 rings (SSSR count). The first kappa shape index (κ1) is 4.56. The SMILES string of the molecule is [CH2-]C[CH]=[W]. The van der Waals surface area contributed by atoms with Crippen molar-refractivity contribution in [1.29, 1.82) is 0 Å². The van der Waals surface area contributed by atoms with Crippen molar-refractivity contribution in [3.63, 3.8) is 0 Å². The summed E-state index contributed by atoms with van der Waals surface area (Å²) in [4.78, 5) is 0. The van der Waals surface area contributed by atoms with Gasteiger partial charge in [0.05, 0.1) is 0 Å². The molecule has 0 aliphatic rings. The summed E-state index contributed by atoms with van der Waals surface area (Å²) in [5, 5.41) is 0. The van der Waals surface area contributed by atoms with Gasteiger partial charge < -0.3 is 0 Å². The predicted molar refractivity (Wildman–Crippen MR) is 16.0 cm³/mol. The molecule has 0 spiro atoms. The van der Waals surface area contributed by atoms with Crippen LogP contribution in [0.4, 0.5) is 0 Å². The van der Waals surface area contributed by atoms with Gasteiger partial charge in [0.1, 0.15) is 0 Å². The zero-order chi connectivity index (χ0) is 3.41. The Labute approximate surface area is 37.6 Å². The summed E-state index contributed by atoms with van der Waals surface area (Å²) in [6.07, 6.45) is 0.981. The molecule has 0 fully saturated rings. The van der Waals surface area contributed by atoms with Crippen LogP contribution in [0.15, 0.2) is 0 Å². The van der Waals surface area contributed by atoms with E-state index in [0.29, 0.717) is 0 Å². The zero-order valence-corrected chi connectivity index (χ0v) is 5.33. The van der Waals surface area contributed by atoms with Gasteiger partial charge in [0.2, 0.25) is 0 Å². The quantitative estimate of drug-likeness (QED) is 0.572. The first-order valence-electron chi connectivity index (χ1n) is 1.14. The molecule has 0 heterocycles. The maximum absolute atomic E-state index is 3.57. The van der Waals surface area contributed by atoms with Crippen molar-refractivity contribution in [3.8, 4) is 0 Å². The van der Waals surface area contributed by atoms with E-state index in [1.54, 1.807) is 0 Å². The Morgan fingerprint density at radius 1 is 2.00 bits per heavy atom. The molecule has 4 heavy (non-hydrogen) atoms. The molecular formula is C3H5W-. The average molecular weight is 225 g/mol. The van der Waals surface area contributed by atoms with Crippen molar-refractivity contribution < 1.29 is 19.4 Å². The van der Waals surface area contributed by atoms with E-state index in [-0.39, 0.29) is 0 Å². The second kappa shape index (κ2) is 3.56. The Balaban J connectivity index is 2.30. The predicted octanol–water partition coefficient (Wildman–Crippen LogP) is 0.560. The van der Waals surface area contributed by atoms with Gasteiger partial charge in [-0.1, -0.05) is 0 Å². The van der Waals surface area contributed by atoms with Crippen LogP contribution >= 0.6 is 0 Å². The van der Waals surface area contributed by atoms with Crippen LogP contribution in [0.3, 0.4) is 0 Å². The van der Waals surface area contributed by atoms with Gasteiger partial charge in [0.15, 0.2) is 0 Å². The van der Waals surface area contributed by atoms with Crippen molar-refractivity contribution in [2.45, 2.75) is 6.42 Å². The molecule has 0 aliphatic carbocycles. The van der Waals surface area contributed by atoms with E-state index < -0.39 is 0 Å². The van der Waals surface area contributed by atoms with Gasteiger partial charge >= 0.3 is 37.1 Å². The van der Waals surface area contributed by atoms with E-state index in [9.17, 15) is 0 Å². The summed E-state index contributed by atoms with van der Waals surface area (Å²) in [5.41, 5.74) is 0. The fraction of sp³-hybridized carbons (Fsp3) is 0.333. The molecule has 0 aliphatic heterocycles. The summed E-state index contributed by atoms with van der Waals surface area (Å²) in [7, 11) is 0. The Kier molecular flexibility index (Phi) is 4.05. The summed E-state index contributed by atoms with van der Waals surface area (Å²) in [6, 6.07) is 0. The van der Waals surface area contributed by atoms with Gasteiger partial charge in [-0.2, -0.15) is 0 Å². The van der Waals surface area contributed by atoms with Crippen LogP contribution in [0, 0.1) is 6.92 Å². The van der Waals surface area contributed by atoms with Crippen LogP contribution in [0.5, 0.6) is 0 Å². The molecule has 0 unspecified atom stereocenters. The van der Waals surface area contributed by atoms with Crippen molar-refractivity contribution in [1.82, 2.24) is 0 Å². The van der Waals surface area contributed by atoms with E-state index in [1.807, 2.05) is 0 Å². The number of hydrogen-bond donors (Lipinski definition) is 0. The number of rotatable bonds is 1. The fourth-order valence-electron chi connectivity index (χ4n) is 0. The van der Waals surface area contributed by atoms with Crippen LogP contribution in [0.25, 0.3) is 0 Å². The van der Waals surface area contributed by atoms with Crippen molar-refractivity contribution in [3.05, 3.63) is 6.92 Å². The number of hydrogen-bond acceptors (Lipinski definition) is 0. The first-order chi connectivity index (χ1) is 1.91. The molecule has 0 aromatic carbocycles. The minimum atomic E-state index is 0.981. The van der Waals surface area contributed by atoms with Crippen molar-refractivity contribution in [2.24, 2.45) is 0 Å². The third kappa shape index (κ3) is 2.56. The molecule has 1 heteroatoms. The van der Waals surface area contributed by atoms with Crippen LogP contribution in [0.2, 0.25) is 0 Å². The molecule has 0 atom stereocenters. The molecule has 0 radical (unpaired) electrons. The molecule has 0 aromatic rings. The van der Waals surface area contributed by atoms with Gasteiger partial charge in [-0.15, -0.1) is 0 Å². The van der Waals surface area contributed by atoms with Crippen LogP contribution in [-0.4, -0.2) is 4.40 Å². The molecular weight excluding hydrogens is 220 g/mol. The standard InChI is InChI=1S/C3H5.W/c1-3-2;/h1H,2-3H2;/q-1;. The molecule has 0 amide bonds. The Morgan fingerprint density at radius 2 is 2.25 bits per heavy atom. The van der Waals surface area contributed by atoms with Crippen molar-refractivity contribution >= 4 is 4.40 Å². The Morgan fingerprint density at radius 3 is 2.25 bits per heavy atom. The van der Waals surface area contributed by atoms with Gasteiger partial charge in [-0.25, -0.2) is 0 Å². The molecule has 0 saturated carbocycles. The molecule has 0 bridgehead atoms. The summed E-state index contributed by atoms with van der Waals surface area (Å²) in [5.74, 6) is 0. The van der Waals surface area contributed by atoms with E-state index >= 15 is 0 Å². The van der Waals surface area contributed by atoms with E-state index in [0.717, 1.165) is 6.42 Å². The summed E-state index contributed by atoms with van der Waals surface area (Å²) >= 11 is 1.52. The van der Waals surface area contributed by atoms with E-state index in [1.165, 1.54) is 19.4 Å². The second-order valence-electron chi connectivity index (χ2n) is 0.455. The molecule has 0 nitrogen and oxygen atoms in total. The topological polar surface area (TPSA) is 0 Å². The van der Waals surface area contributed by atoms with E-state index in [4.69, 9.17) is 0 Å². The third-order valence-corrected chi connectivity index (χ3v) is 0.965. The second-order valence-corrected chi connectivity index (χ2v) is 1.65. The zero-order valence-electron chi connectivity index (χ0n) is 2.40. The molecule has 24 valence electrons. The van der Waals surface area contributed by atoms with Gasteiger partial charge in [0.25, 0.3) is 0 Å². The molecule has 0 saturated heterocycles. The minimum absolute atomic E-state index is 0.981. The van der Waals surface area contributed by atoms with Gasteiger partial charge in [0, 0.05) is 0 Å². The average Bonchev–Trinajstić information content (AvgIpc) is 1.37. The Hall–Kier alpha value is 0.558. The summed E-state index contributed by atoms with van der Waals surface area (Å²) in [6.45, 7) is 3.57. The Bertz CT molecular complexity index is 17.2. The van der Waals surface area contributed by atoms with Gasteiger partial charge in [-0.05, 0) is 0 Å². The van der Waals surface area contributed by atoms with Crippen molar-refractivity contribution in [2.75, 3.05) is 0 Å². The maximum atomic E-state index is 3.57. The van der Waals surface area contributed by atoms with Gasteiger partial charge in [-0.3, -0.25) is 0 Å². The fourth-order valence-corrected chi connectivity index (χ4v) is 0. The van der Waals surface area contributed by atoms with Crippen LogP contribution < -0.4 is 0 Å². The molecule has 0 N–H and O–H groups in total. The van der Waals surface area contributed by atoms with E-state index in [2.05, 4.69) is 11.3 Å². The third-order valence-electron chi connectivity index (χ3n) is 0.118.